The third kappa shape index (κ3) is 13.3. The highest BCUT2D eigenvalue weighted by Crippen LogP contribution is 2.39. The first kappa shape index (κ1) is 45.8. The van der Waals surface area contributed by atoms with Gasteiger partial charge < -0.3 is 29.9 Å². The molecule has 8 heteroatoms. The minimum absolute atomic E-state index is 0.0677. The Morgan fingerprint density at radius 3 is 1.28 bits per heavy atom. The zero-order valence-corrected chi connectivity index (χ0v) is 34.4. The largest absolute Gasteiger partial charge is 0.508 e. The highest BCUT2D eigenvalue weighted by Gasteiger charge is 2.20. The number of hydrogen-bond acceptors (Lipinski definition) is 8. The Kier molecular flexibility index (Phi) is 18.1. The summed E-state index contributed by atoms with van der Waals surface area (Å²) in [6.45, 7) is 19.1. The van der Waals surface area contributed by atoms with Gasteiger partial charge in [-0.05, 0) is 174 Å². The van der Waals surface area contributed by atoms with Crippen LogP contribution >= 0.6 is 0 Å². The van der Waals surface area contributed by atoms with Crippen LogP contribution < -0.4 is 9.47 Å². The van der Waals surface area contributed by atoms with Crippen molar-refractivity contribution in [1.82, 2.24) is 0 Å². The average Bonchev–Trinajstić information content (AvgIpc) is 3.19. The minimum atomic E-state index is -0.241. The molecule has 0 heterocycles. The van der Waals surface area contributed by atoms with Crippen molar-refractivity contribution in [2.45, 2.75) is 79.4 Å². The van der Waals surface area contributed by atoms with Crippen molar-refractivity contribution >= 4 is 23.7 Å². The number of rotatable bonds is 18. The van der Waals surface area contributed by atoms with Gasteiger partial charge in [0.15, 0.2) is 11.6 Å². The number of carbonyl (C=O) groups excluding carboxylic acids is 2. The average molecular weight is 785 g/mol. The number of hydrogen-bond donors (Lipinski definition) is 4. The van der Waals surface area contributed by atoms with Crippen LogP contribution in [-0.2, 0) is 25.7 Å². The van der Waals surface area contributed by atoms with Gasteiger partial charge in [0.2, 0.25) is 0 Å². The van der Waals surface area contributed by atoms with E-state index in [0.717, 1.165) is 16.7 Å². The predicted octanol–water partition coefficient (Wildman–Crippen LogP) is 11.3. The van der Waals surface area contributed by atoms with Gasteiger partial charge in [0.1, 0.15) is 34.5 Å². The highest BCUT2D eigenvalue weighted by molar-refractivity contribution is 6.08. The molecule has 4 aromatic carbocycles. The van der Waals surface area contributed by atoms with Gasteiger partial charge in [-0.25, -0.2) is 0 Å². The summed E-state index contributed by atoms with van der Waals surface area (Å²) in [7, 11) is 0. The smallest absolute Gasteiger partial charge is 0.185 e. The molecule has 58 heavy (non-hydrogen) atoms. The van der Waals surface area contributed by atoms with Gasteiger partial charge in [0.05, 0.1) is 23.3 Å². The lowest BCUT2D eigenvalue weighted by atomic mass is 9.97. The van der Waals surface area contributed by atoms with Crippen molar-refractivity contribution in [3.05, 3.63) is 167 Å². The van der Waals surface area contributed by atoms with Gasteiger partial charge in [-0.1, -0.05) is 36.5 Å². The summed E-state index contributed by atoms with van der Waals surface area (Å²) in [5.41, 5.74) is 5.17. The topological polar surface area (TPSA) is 134 Å². The summed E-state index contributed by atoms with van der Waals surface area (Å²) in [5.74, 6) is 1.03. The van der Waals surface area contributed by atoms with Gasteiger partial charge in [-0.15, -0.1) is 13.2 Å². The summed E-state index contributed by atoms with van der Waals surface area (Å²) in [4.78, 5) is 25.0. The van der Waals surface area contributed by atoms with E-state index in [2.05, 4.69) is 13.2 Å². The fourth-order valence-corrected chi connectivity index (χ4v) is 5.83. The summed E-state index contributed by atoms with van der Waals surface area (Å²) in [6.07, 6.45) is 19.5. The maximum atomic E-state index is 12.6. The van der Waals surface area contributed by atoms with E-state index in [1.165, 1.54) is 36.4 Å². The van der Waals surface area contributed by atoms with E-state index in [1.807, 2.05) is 78.0 Å². The van der Waals surface area contributed by atoms with E-state index in [1.54, 1.807) is 48.6 Å². The van der Waals surface area contributed by atoms with E-state index in [9.17, 15) is 30.0 Å². The van der Waals surface area contributed by atoms with E-state index >= 15 is 0 Å². The molecule has 4 rings (SSSR count). The van der Waals surface area contributed by atoms with Crippen LogP contribution in [0.3, 0.4) is 0 Å². The number of benzene rings is 4. The molecule has 4 aromatic rings. The molecule has 4 N–H and O–H groups in total. The molecule has 0 saturated heterocycles. The van der Waals surface area contributed by atoms with Gasteiger partial charge in [-0.2, -0.15) is 0 Å². The summed E-state index contributed by atoms with van der Waals surface area (Å²) in [6, 6.07) is 15.9. The van der Waals surface area contributed by atoms with Crippen LogP contribution in [0, 0.1) is 0 Å². The molecule has 8 nitrogen and oxygen atoms in total. The Balaban J connectivity index is 0.000000311. The summed E-state index contributed by atoms with van der Waals surface area (Å²) in [5, 5.41) is 40.5. The van der Waals surface area contributed by atoms with Crippen molar-refractivity contribution in [2.24, 2.45) is 0 Å². The molecular formula is C50H56O8. The monoisotopic (exact) mass is 784 g/mol. The summed E-state index contributed by atoms with van der Waals surface area (Å²) < 4.78 is 12.0. The quantitative estimate of drug-likeness (QED) is 0.0445. The second-order valence-corrected chi connectivity index (χ2v) is 13.9. The van der Waals surface area contributed by atoms with Crippen LogP contribution in [0.4, 0.5) is 0 Å². The molecule has 0 aliphatic heterocycles. The lowest BCUT2D eigenvalue weighted by Crippen LogP contribution is -2.10. The lowest BCUT2D eigenvalue weighted by Gasteiger charge is -2.19. The number of ketones is 2. The van der Waals surface area contributed by atoms with E-state index in [0.29, 0.717) is 65.0 Å². The van der Waals surface area contributed by atoms with Gasteiger partial charge >= 0.3 is 0 Å². The molecule has 0 atom stereocenters. The minimum Gasteiger partial charge on any atom is -0.508 e. The molecule has 0 aliphatic rings. The Labute approximate surface area is 343 Å². The van der Waals surface area contributed by atoms with Crippen molar-refractivity contribution in [1.29, 1.82) is 0 Å². The first-order valence-corrected chi connectivity index (χ1v) is 19.3. The molecule has 0 fully saturated rings. The van der Waals surface area contributed by atoms with Crippen molar-refractivity contribution in [2.75, 3.05) is 0 Å². The number of phenols is 4. The molecule has 0 amide bonds. The molecule has 0 aliphatic carbocycles. The molecule has 0 saturated carbocycles. The Morgan fingerprint density at radius 1 is 0.569 bits per heavy atom. The number of ether oxygens (including phenoxy) is 2. The van der Waals surface area contributed by atoms with E-state index in [-0.39, 0.29) is 46.8 Å². The van der Waals surface area contributed by atoms with Crippen molar-refractivity contribution < 1.29 is 39.5 Å². The standard InChI is InChI=1S/C26H30O4.C24H26O4/c1-5-7-9-20-17-21(10-8-6-2)26(30-18(3)4)23(25(20)29)15-16-24(28)19-11-13-22(27)14-12-19;1-5-7-18-15-19(8-6-2)24(28-16(3)4)21(23(18)27)13-14-22(26)17-9-11-20(25)12-10-17/h5-8,11-18,27,29H,9-10H2,1-4H3;5-6,9-16,25,27H,1-2,7-8H2,3-4H3. The molecule has 0 radical (unpaired) electrons. The molecule has 0 spiro atoms. The molecule has 0 aromatic heterocycles. The third-order valence-corrected chi connectivity index (χ3v) is 8.58. The zero-order chi connectivity index (χ0) is 42.8. The van der Waals surface area contributed by atoms with Crippen LogP contribution in [0.5, 0.6) is 34.5 Å². The van der Waals surface area contributed by atoms with Crippen LogP contribution in [0.25, 0.3) is 12.2 Å². The van der Waals surface area contributed by atoms with Crippen LogP contribution in [0.2, 0.25) is 0 Å². The number of allylic oxidation sites excluding steroid dienone is 8. The van der Waals surface area contributed by atoms with Crippen LogP contribution in [0.15, 0.2) is 122 Å². The summed E-state index contributed by atoms with van der Waals surface area (Å²) >= 11 is 0. The van der Waals surface area contributed by atoms with Crippen LogP contribution in [0.1, 0.15) is 95.6 Å². The van der Waals surface area contributed by atoms with Crippen molar-refractivity contribution in [3.63, 3.8) is 0 Å². The lowest BCUT2D eigenvalue weighted by molar-refractivity contribution is 0.103. The Morgan fingerprint density at radius 2 is 0.914 bits per heavy atom. The fraction of sp³-hybridized carbons (Fsp3) is 0.240. The predicted molar refractivity (Wildman–Crippen MR) is 236 cm³/mol. The van der Waals surface area contributed by atoms with Gasteiger partial charge in [-0.3, -0.25) is 9.59 Å². The maximum Gasteiger partial charge on any atom is 0.185 e. The second kappa shape index (κ2) is 22.9. The first-order valence-electron chi connectivity index (χ1n) is 19.3. The van der Waals surface area contributed by atoms with Gasteiger partial charge in [0.25, 0.3) is 0 Å². The van der Waals surface area contributed by atoms with E-state index in [4.69, 9.17) is 9.47 Å². The number of aromatic hydroxyl groups is 4. The fourth-order valence-electron chi connectivity index (χ4n) is 5.83. The van der Waals surface area contributed by atoms with Crippen LogP contribution in [-0.4, -0.2) is 44.2 Å². The van der Waals surface area contributed by atoms with Gasteiger partial charge in [0, 0.05) is 11.1 Å². The normalized spacial score (nSPS) is 11.4. The third-order valence-electron chi connectivity index (χ3n) is 8.58. The number of phenolic OH excluding ortho intramolecular Hbond substituents is 4. The Hall–Kier alpha value is -6.54. The highest BCUT2D eigenvalue weighted by atomic mass is 16.5. The van der Waals surface area contributed by atoms with Crippen molar-refractivity contribution in [3.8, 4) is 34.5 Å². The first-order chi connectivity index (χ1) is 27.7. The maximum absolute atomic E-state index is 12.6. The second-order valence-electron chi connectivity index (χ2n) is 13.9. The van der Waals surface area contributed by atoms with E-state index < -0.39 is 0 Å². The SMILES string of the molecule is C=CCc1cc(CC=C)c(OC(C)C)c(C=CC(=O)c2ccc(O)cc2)c1O.CC=CCc1cc(CC=CC)c(OC(C)C)c(C=CC(=O)c2ccc(O)cc2)c1O. The zero-order valence-electron chi connectivity index (χ0n) is 34.4. The number of carbonyl (C=O) groups is 2. The molecular weight excluding hydrogens is 729 g/mol. The Bertz CT molecular complexity index is 2150. The molecule has 304 valence electrons. The molecule has 0 bridgehead atoms. The molecule has 0 unspecified atom stereocenters.